The second kappa shape index (κ2) is 10.9. The van der Waals surface area contributed by atoms with Crippen molar-refractivity contribution in [3.63, 3.8) is 0 Å². The van der Waals surface area contributed by atoms with Crippen LogP contribution < -0.4 is 5.32 Å². The summed E-state index contributed by atoms with van der Waals surface area (Å²) in [6, 6.07) is 12.9. The first-order chi connectivity index (χ1) is 16.7. The Morgan fingerprint density at radius 2 is 1.80 bits per heavy atom. The van der Waals surface area contributed by atoms with Crippen molar-refractivity contribution in [2.24, 2.45) is 7.05 Å². The molecule has 188 valence electrons. The number of hydrogen-bond acceptors (Lipinski definition) is 6. The monoisotopic (exact) mass is 499 g/mol. The van der Waals surface area contributed by atoms with Crippen molar-refractivity contribution < 1.29 is 17.9 Å². The van der Waals surface area contributed by atoms with Gasteiger partial charge in [-0.15, -0.1) is 0 Å². The predicted molar refractivity (Wildman–Crippen MR) is 136 cm³/mol. The number of nitrogens with one attached hydrogen (secondary N) is 1. The zero-order valence-electron chi connectivity index (χ0n) is 20.5. The van der Waals surface area contributed by atoms with Gasteiger partial charge < -0.3 is 14.6 Å². The molecule has 1 fully saturated rings. The fourth-order valence-electron chi connectivity index (χ4n) is 4.14. The number of ether oxygens (including phenoxy) is 1. The van der Waals surface area contributed by atoms with E-state index in [0.717, 1.165) is 56.3 Å². The van der Waals surface area contributed by atoms with Gasteiger partial charge in [0, 0.05) is 59.3 Å². The average molecular weight is 500 g/mol. The summed E-state index contributed by atoms with van der Waals surface area (Å²) in [6.07, 6.45) is 1.70. The number of fused-ring (bicyclic) bond motifs is 1. The molecule has 2 aromatic carbocycles. The summed E-state index contributed by atoms with van der Waals surface area (Å²) < 4.78 is 33.3. The number of anilines is 1. The van der Waals surface area contributed by atoms with Crippen LogP contribution in [0.15, 0.2) is 47.4 Å². The van der Waals surface area contributed by atoms with Crippen LogP contribution in [0.1, 0.15) is 17.8 Å². The summed E-state index contributed by atoms with van der Waals surface area (Å²) >= 11 is 0. The molecule has 0 spiro atoms. The second-order valence-corrected chi connectivity index (χ2v) is 11.1. The molecule has 3 aromatic rings. The Bertz CT molecular complexity index is 1280. The van der Waals surface area contributed by atoms with Crippen molar-refractivity contribution in [2.45, 2.75) is 24.2 Å². The largest absolute Gasteiger partial charge is 0.379 e. The maximum absolute atomic E-state index is 12.5. The number of rotatable bonds is 9. The van der Waals surface area contributed by atoms with E-state index < -0.39 is 10.0 Å². The molecule has 1 aliphatic rings. The number of aryl methyl sites for hydroxylation is 2. The number of nitrogens with zero attached hydrogens (tertiary/aromatic N) is 4. The third-order valence-electron chi connectivity index (χ3n) is 6.36. The SMILES string of the molecule is CN(C)S(=O)(=O)c1ccc2c(c1)nc(CCC(=O)Nc1ccc(CCN3CCOCC3)cc1)n2C. The molecule has 2 heterocycles. The van der Waals surface area contributed by atoms with Crippen LogP contribution in [0.3, 0.4) is 0 Å². The van der Waals surface area contributed by atoms with Crippen LogP contribution in [0, 0.1) is 0 Å². The van der Waals surface area contributed by atoms with Gasteiger partial charge in [-0.2, -0.15) is 0 Å². The third kappa shape index (κ3) is 6.07. The molecule has 0 aliphatic carbocycles. The van der Waals surface area contributed by atoms with E-state index in [2.05, 4.69) is 27.3 Å². The number of carbonyl (C=O) groups is 1. The molecule has 0 atom stereocenters. The standard InChI is InChI=1S/C25H33N5O4S/c1-28(2)35(32,33)21-8-9-23-22(18-21)27-24(29(23)3)10-11-25(31)26-20-6-4-19(5-7-20)12-13-30-14-16-34-17-15-30/h4-9,18H,10-17H2,1-3H3,(H,26,31). The molecular weight excluding hydrogens is 466 g/mol. The van der Waals surface area contributed by atoms with Crippen molar-refractivity contribution in [3.8, 4) is 0 Å². The van der Waals surface area contributed by atoms with Gasteiger partial charge in [-0.3, -0.25) is 9.69 Å². The minimum atomic E-state index is -3.53. The van der Waals surface area contributed by atoms with E-state index >= 15 is 0 Å². The minimum Gasteiger partial charge on any atom is -0.379 e. The molecular formula is C25H33N5O4S. The van der Waals surface area contributed by atoms with E-state index in [1.807, 2.05) is 23.7 Å². The molecule has 1 aliphatic heterocycles. The number of imidazole rings is 1. The zero-order chi connectivity index (χ0) is 25.0. The number of morpholine rings is 1. The van der Waals surface area contributed by atoms with E-state index in [-0.39, 0.29) is 17.2 Å². The van der Waals surface area contributed by atoms with Crippen molar-refractivity contribution in [3.05, 3.63) is 53.9 Å². The first kappa shape index (κ1) is 25.3. The molecule has 0 bridgehead atoms. The van der Waals surface area contributed by atoms with Crippen molar-refractivity contribution >= 4 is 32.7 Å². The lowest BCUT2D eigenvalue weighted by atomic mass is 10.1. The summed E-state index contributed by atoms with van der Waals surface area (Å²) in [6.45, 7) is 4.58. The number of sulfonamides is 1. The van der Waals surface area contributed by atoms with Gasteiger partial charge in [-0.25, -0.2) is 17.7 Å². The number of hydrogen-bond donors (Lipinski definition) is 1. The molecule has 10 heteroatoms. The third-order valence-corrected chi connectivity index (χ3v) is 8.17. The van der Waals surface area contributed by atoms with Crippen LogP contribution in [-0.4, -0.2) is 80.0 Å². The fraction of sp³-hybridized carbons (Fsp3) is 0.440. The van der Waals surface area contributed by atoms with Crippen LogP contribution in [0.5, 0.6) is 0 Å². The first-order valence-corrected chi connectivity index (χ1v) is 13.2. The van der Waals surface area contributed by atoms with Gasteiger partial charge in [0.1, 0.15) is 5.82 Å². The van der Waals surface area contributed by atoms with Crippen LogP contribution in [-0.2, 0) is 39.4 Å². The maximum Gasteiger partial charge on any atom is 0.242 e. The Balaban J connectivity index is 1.32. The molecule has 1 amide bonds. The van der Waals surface area contributed by atoms with Gasteiger partial charge in [0.05, 0.1) is 29.1 Å². The Kier molecular flexibility index (Phi) is 7.85. The lowest BCUT2D eigenvalue weighted by Crippen LogP contribution is -2.37. The molecule has 1 aromatic heterocycles. The van der Waals surface area contributed by atoms with E-state index in [9.17, 15) is 13.2 Å². The molecule has 4 rings (SSSR count). The number of amides is 1. The van der Waals surface area contributed by atoms with Crippen LogP contribution in [0.4, 0.5) is 5.69 Å². The zero-order valence-corrected chi connectivity index (χ0v) is 21.3. The summed E-state index contributed by atoms with van der Waals surface area (Å²) in [5.74, 6) is 0.641. The minimum absolute atomic E-state index is 0.0889. The number of aromatic nitrogens is 2. The lowest BCUT2D eigenvalue weighted by Gasteiger charge is -2.26. The summed E-state index contributed by atoms with van der Waals surface area (Å²) in [4.78, 5) is 19.7. The van der Waals surface area contributed by atoms with Crippen LogP contribution in [0.2, 0.25) is 0 Å². The van der Waals surface area contributed by atoms with Crippen LogP contribution >= 0.6 is 0 Å². The Morgan fingerprint density at radius 3 is 2.49 bits per heavy atom. The molecule has 1 saturated heterocycles. The number of carbonyl (C=O) groups excluding carboxylic acids is 1. The highest BCUT2D eigenvalue weighted by Gasteiger charge is 2.19. The summed E-state index contributed by atoms with van der Waals surface area (Å²) in [5.41, 5.74) is 3.43. The highest BCUT2D eigenvalue weighted by molar-refractivity contribution is 7.89. The average Bonchev–Trinajstić information content (AvgIpc) is 3.17. The molecule has 1 N–H and O–H groups in total. The van der Waals surface area contributed by atoms with Gasteiger partial charge in [0.2, 0.25) is 15.9 Å². The highest BCUT2D eigenvalue weighted by Crippen LogP contribution is 2.22. The summed E-state index contributed by atoms with van der Waals surface area (Å²) in [7, 11) is 1.34. The van der Waals surface area contributed by atoms with Crippen LogP contribution in [0.25, 0.3) is 11.0 Å². The maximum atomic E-state index is 12.5. The van der Waals surface area contributed by atoms with Gasteiger partial charge >= 0.3 is 0 Å². The van der Waals surface area contributed by atoms with Gasteiger partial charge in [0.15, 0.2) is 0 Å². The fourth-order valence-corrected chi connectivity index (χ4v) is 5.06. The Labute approximate surface area is 206 Å². The topological polar surface area (TPSA) is 96.8 Å². The second-order valence-electron chi connectivity index (χ2n) is 8.97. The summed E-state index contributed by atoms with van der Waals surface area (Å²) in [5, 5.41) is 2.95. The van der Waals surface area contributed by atoms with Crippen molar-refractivity contribution in [2.75, 3.05) is 52.3 Å². The molecule has 9 nitrogen and oxygen atoms in total. The first-order valence-electron chi connectivity index (χ1n) is 11.8. The quantitative estimate of drug-likeness (QED) is 0.485. The smallest absolute Gasteiger partial charge is 0.242 e. The predicted octanol–water partition coefficient (Wildman–Crippen LogP) is 2.27. The molecule has 35 heavy (non-hydrogen) atoms. The number of benzene rings is 2. The van der Waals surface area contributed by atoms with E-state index in [1.54, 1.807) is 18.2 Å². The Hall–Kier alpha value is -2.79. The van der Waals surface area contributed by atoms with E-state index in [4.69, 9.17) is 4.74 Å². The van der Waals surface area contributed by atoms with Crippen molar-refractivity contribution in [1.29, 1.82) is 0 Å². The molecule has 0 radical (unpaired) electrons. The van der Waals surface area contributed by atoms with E-state index in [0.29, 0.717) is 11.9 Å². The normalized spacial score (nSPS) is 15.1. The highest BCUT2D eigenvalue weighted by atomic mass is 32.2. The van der Waals surface area contributed by atoms with Gasteiger partial charge in [0.25, 0.3) is 0 Å². The molecule has 0 unspecified atom stereocenters. The van der Waals surface area contributed by atoms with E-state index in [1.165, 1.54) is 24.0 Å². The van der Waals surface area contributed by atoms with Gasteiger partial charge in [-0.1, -0.05) is 12.1 Å². The van der Waals surface area contributed by atoms with Gasteiger partial charge in [-0.05, 0) is 42.3 Å². The van der Waals surface area contributed by atoms with Crippen molar-refractivity contribution in [1.82, 2.24) is 18.8 Å². The lowest BCUT2D eigenvalue weighted by molar-refractivity contribution is -0.116. The molecule has 0 saturated carbocycles. The Morgan fingerprint density at radius 1 is 1.09 bits per heavy atom.